The van der Waals surface area contributed by atoms with Gasteiger partial charge in [-0.15, -0.1) is 10.2 Å². The summed E-state index contributed by atoms with van der Waals surface area (Å²) >= 11 is 13.2. The highest BCUT2D eigenvalue weighted by molar-refractivity contribution is 7.99. The number of anilines is 1. The van der Waals surface area contributed by atoms with Gasteiger partial charge in [-0.2, -0.15) is 0 Å². The van der Waals surface area contributed by atoms with Crippen molar-refractivity contribution < 1.29 is 14.3 Å². The summed E-state index contributed by atoms with van der Waals surface area (Å²) in [7, 11) is 3.19. The molecule has 0 aliphatic carbocycles. The van der Waals surface area contributed by atoms with Crippen molar-refractivity contribution in [2.45, 2.75) is 18.6 Å². The fraction of sp³-hybridized carbons (Fsp3) is 0.250. The second-order valence-corrected chi connectivity index (χ2v) is 7.87. The van der Waals surface area contributed by atoms with Crippen LogP contribution >= 0.6 is 35.0 Å². The van der Waals surface area contributed by atoms with Crippen LogP contribution in [-0.4, -0.2) is 40.6 Å². The average Bonchev–Trinajstić information content (AvgIpc) is 3.17. The summed E-state index contributed by atoms with van der Waals surface area (Å²) in [6, 6.07) is 10.5. The number of methoxy groups -OCH3 is 2. The molecule has 0 spiro atoms. The van der Waals surface area contributed by atoms with Crippen LogP contribution < -0.4 is 14.8 Å². The van der Waals surface area contributed by atoms with E-state index in [0.29, 0.717) is 44.8 Å². The Morgan fingerprint density at radius 2 is 1.77 bits per heavy atom. The number of amides is 1. The molecule has 1 N–H and O–H groups in total. The van der Waals surface area contributed by atoms with Crippen LogP contribution in [0.3, 0.4) is 0 Å². The number of nitrogens with one attached hydrogen (secondary N) is 1. The number of halogens is 2. The third kappa shape index (κ3) is 5.19. The number of benzene rings is 2. The van der Waals surface area contributed by atoms with Crippen molar-refractivity contribution in [1.29, 1.82) is 0 Å². The van der Waals surface area contributed by atoms with Gasteiger partial charge in [0.2, 0.25) is 5.91 Å². The lowest BCUT2D eigenvalue weighted by molar-refractivity contribution is -0.113. The van der Waals surface area contributed by atoms with Crippen molar-refractivity contribution in [2.75, 3.05) is 25.3 Å². The topological polar surface area (TPSA) is 78.3 Å². The lowest BCUT2D eigenvalue weighted by Gasteiger charge is -2.10. The van der Waals surface area contributed by atoms with Gasteiger partial charge in [-0.3, -0.25) is 4.79 Å². The normalized spacial score (nSPS) is 10.7. The molecule has 0 aliphatic rings. The number of aromatic nitrogens is 3. The van der Waals surface area contributed by atoms with Crippen molar-refractivity contribution in [1.82, 2.24) is 14.8 Å². The largest absolute Gasteiger partial charge is 0.497 e. The summed E-state index contributed by atoms with van der Waals surface area (Å²) < 4.78 is 12.6. The van der Waals surface area contributed by atoms with Crippen LogP contribution in [0.4, 0.5) is 5.69 Å². The van der Waals surface area contributed by atoms with E-state index in [9.17, 15) is 4.79 Å². The zero-order chi connectivity index (χ0) is 21.7. The van der Waals surface area contributed by atoms with E-state index in [1.165, 1.54) is 11.8 Å². The van der Waals surface area contributed by atoms with Crippen LogP contribution in [0.15, 0.2) is 41.6 Å². The molecule has 0 saturated heterocycles. The molecule has 0 fully saturated rings. The molecule has 0 radical (unpaired) electrons. The second-order valence-electron chi connectivity index (χ2n) is 6.12. The maximum absolute atomic E-state index is 12.3. The minimum atomic E-state index is -0.186. The van der Waals surface area contributed by atoms with Crippen molar-refractivity contribution in [3.8, 4) is 22.9 Å². The maximum atomic E-state index is 12.3. The molecule has 3 rings (SSSR count). The number of ether oxygens (including phenoxy) is 2. The molecular weight excluding hydrogens is 447 g/mol. The minimum Gasteiger partial charge on any atom is -0.497 e. The summed E-state index contributed by atoms with van der Waals surface area (Å²) in [5, 5.41) is 12.8. The molecule has 1 aromatic heterocycles. The number of hydrogen-bond donors (Lipinski definition) is 1. The lowest BCUT2D eigenvalue weighted by atomic mass is 10.2. The van der Waals surface area contributed by atoms with Crippen molar-refractivity contribution >= 4 is 46.6 Å². The number of rotatable bonds is 8. The first kappa shape index (κ1) is 22.3. The monoisotopic (exact) mass is 466 g/mol. The van der Waals surface area contributed by atoms with Crippen LogP contribution in [0.2, 0.25) is 10.0 Å². The van der Waals surface area contributed by atoms with Gasteiger partial charge in [0.1, 0.15) is 11.5 Å². The van der Waals surface area contributed by atoms with Gasteiger partial charge in [0.15, 0.2) is 11.0 Å². The Labute approximate surface area is 188 Å². The molecule has 1 heterocycles. The molecule has 2 aromatic carbocycles. The van der Waals surface area contributed by atoms with E-state index in [1.54, 1.807) is 38.5 Å². The molecule has 0 bridgehead atoms. The van der Waals surface area contributed by atoms with E-state index in [1.807, 2.05) is 23.6 Å². The van der Waals surface area contributed by atoms with Crippen LogP contribution in [0.5, 0.6) is 11.5 Å². The zero-order valence-corrected chi connectivity index (χ0v) is 18.9. The third-order valence-electron chi connectivity index (χ3n) is 4.18. The van der Waals surface area contributed by atoms with Crippen LogP contribution in [0, 0.1) is 0 Å². The van der Waals surface area contributed by atoms with Crippen molar-refractivity contribution in [2.24, 2.45) is 0 Å². The SMILES string of the molecule is CCn1c(SCC(=O)Nc2ccc(Cl)c(Cl)c2)nnc1-c1cc(OC)cc(OC)c1. The van der Waals surface area contributed by atoms with Gasteiger partial charge in [0.05, 0.1) is 30.0 Å². The molecule has 1 amide bonds. The van der Waals surface area contributed by atoms with Gasteiger partial charge in [-0.05, 0) is 37.3 Å². The van der Waals surface area contributed by atoms with Gasteiger partial charge >= 0.3 is 0 Å². The predicted molar refractivity (Wildman–Crippen MR) is 120 cm³/mol. The Balaban J connectivity index is 1.74. The standard InChI is InChI=1S/C20H20Cl2N4O3S/c1-4-26-19(12-7-14(28-2)10-15(8-12)29-3)24-25-20(26)30-11-18(27)23-13-5-6-16(21)17(22)9-13/h5-10H,4,11H2,1-3H3,(H,23,27). The van der Waals surface area contributed by atoms with Gasteiger partial charge in [0, 0.05) is 23.9 Å². The number of thioether (sulfide) groups is 1. The predicted octanol–water partition coefficient (Wildman–Crippen LogP) is 5.02. The summed E-state index contributed by atoms with van der Waals surface area (Å²) in [4.78, 5) is 12.3. The Hall–Kier alpha value is -2.42. The second kappa shape index (κ2) is 10.1. The smallest absolute Gasteiger partial charge is 0.234 e. The molecule has 3 aromatic rings. The molecule has 0 saturated carbocycles. The fourth-order valence-corrected chi connectivity index (χ4v) is 3.83. The summed E-state index contributed by atoms with van der Waals surface area (Å²) in [5.74, 6) is 1.96. The molecule has 7 nitrogen and oxygen atoms in total. The molecule has 10 heteroatoms. The lowest BCUT2D eigenvalue weighted by Crippen LogP contribution is -2.14. The Morgan fingerprint density at radius 1 is 1.07 bits per heavy atom. The fourth-order valence-electron chi connectivity index (χ4n) is 2.73. The highest BCUT2D eigenvalue weighted by atomic mass is 35.5. The Kier molecular flexibility index (Phi) is 7.47. The van der Waals surface area contributed by atoms with Crippen LogP contribution in [0.1, 0.15) is 6.92 Å². The zero-order valence-electron chi connectivity index (χ0n) is 16.6. The summed E-state index contributed by atoms with van der Waals surface area (Å²) in [6.07, 6.45) is 0. The number of carbonyl (C=O) groups excluding carboxylic acids is 1. The molecule has 0 unspecified atom stereocenters. The third-order valence-corrected chi connectivity index (χ3v) is 5.88. The van der Waals surface area contributed by atoms with Crippen molar-refractivity contribution in [3.63, 3.8) is 0 Å². The van der Waals surface area contributed by atoms with E-state index in [-0.39, 0.29) is 11.7 Å². The molecule has 0 aliphatic heterocycles. The van der Waals surface area contributed by atoms with Gasteiger partial charge in [0.25, 0.3) is 0 Å². The molecular formula is C20H20Cl2N4O3S. The van der Waals surface area contributed by atoms with E-state index >= 15 is 0 Å². The average molecular weight is 467 g/mol. The number of nitrogens with zero attached hydrogens (tertiary/aromatic N) is 3. The van der Waals surface area contributed by atoms with E-state index in [2.05, 4.69) is 15.5 Å². The quantitative estimate of drug-likeness (QED) is 0.469. The number of carbonyl (C=O) groups is 1. The highest BCUT2D eigenvalue weighted by Gasteiger charge is 2.16. The first-order valence-electron chi connectivity index (χ1n) is 8.99. The van der Waals surface area contributed by atoms with Gasteiger partial charge in [-0.1, -0.05) is 35.0 Å². The molecule has 30 heavy (non-hydrogen) atoms. The highest BCUT2D eigenvalue weighted by Crippen LogP contribution is 2.31. The van der Waals surface area contributed by atoms with Gasteiger partial charge < -0.3 is 19.4 Å². The van der Waals surface area contributed by atoms with E-state index in [4.69, 9.17) is 32.7 Å². The molecule has 0 atom stereocenters. The Bertz CT molecular complexity index is 1040. The minimum absolute atomic E-state index is 0.166. The van der Waals surface area contributed by atoms with E-state index in [0.717, 1.165) is 5.56 Å². The van der Waals surface area contributed by atoms with Gasteiger partial charge in [-0.25, -0.2) is 0 Å². The first-order chi connectivity index (χ1) is 14.4. The van der Waals surface area contributed by atoms with E-state index < -0.39 is 0 Å². The summed E-state index contributed by atoms with van der Waals surface area (Å²) in [6.45, 7) is 2.63. The first-order valence-corrected chi connectivity index (χ1v) is 10.7. The van der Waals surface area contributed by atoms with Crippen LogP contribution in [-0.2, 0) is 11.3 Å². The molecule has 158 valence electrons. The van der Waals surface area contributed by atoms with Crippen LogP contribution in [0.25, 0.3) is 11.4 Å². The summed E-state index contributed by atoms with van der Waals surface area (Å²) in [5.41, 5.74) is 1.39. The number of hydrogen-bond acceptors (Lipinski definition) is 6. The van der Waals surface area contributed by atoms with Crippen molar-refractivity contribution in [3.05, 3.63) is 46.4 Å². The maximum Gasteiger partial charge on any atom is 0.234 e. The Morgan fingerprint density at radius 3 is 2.37 bits per heavy atom.